The summed E-state index contributed by atoms with van der Waals surface area (Å²) in [6.45, 7) is 2.54. The van der Waals surface area contributed by atoms with Crippen LogP contribution in [0.5, 0.6) is 0 Å². The molecule has 0 aromatic heterocycles. The van der Waals surface area contributed by atoms with Crippen LogP contribution in [-0.2, 0) is 18.6 Å². The van der Waals surface area contributed by atoms with E-state index in [-0.39, 0.29) is 19.1 Å². The van der Waals surface area contributed by atoms with Crippen molar-refractivity contribution in [3.63, 3.8) is 0 Å². The van der Waals surface area contributed by atoms with Crippen molar-refractivity contribution in [3.05, 3.63) is 0 Å². The van der Waals surface area contributed by atoms with Gasteiger partial charge in [0.1, 0.15) is 6.10 Å². The fourth-order valence-corrected chi connectivity index (χ4v) is 4.20. The topological polar surface area (TPSA) is 67.9 Å². The van der Waals surface area contributed by atoms with Gasteiger partial charge in [0.2, 0.25) is 0 Å². The molecule has 106 valence electrons. The fourth-order valence-electron chi connectivity index (χ4n) is 1.57. The Labute approximate surface area is 116 Å². The molecule has 1 heterocycles. The van der Waals surface area contributed by atoms with Crippen molar-refractivity contribution in [2.75, 3.05) is 38.0 Å². The summed E-state index contributed by atoms with van der Waals surface area (Å²) in [6, 6.07) is 0. The van der Waals surface area contributed by atoms with Crippen molar-refractivity contribution in [1.82, 2.24) is 9.76 Å². The predicted molar refractivity (Wildman–Crippen MR) is 70.1 cm³/mol. The summed E-state index contributed by atoms with van der Waals surface area (Å²) in [5.41, 5.74) is 0. The molecule has 1 aliphatic rings. The summed E-state index contributed by atoms with van der Waals surface area (Å²) in [5, 5.41) is 2.79. The van der Waals surface area contributed by atoms with Gasteiger partial charge in [0, 0.05) is 38.3 Å². The van der Waals surface area contributed by atoms with E-state index in [0.717, 1.165) is 0 Å². The SMILES string of the molecule is CC(=O)O[C@@H]1CN[P@](=O)(N(CCCl)CCCl)OC1. The zero-order valence-corrected chi connectivity index (χ0v) is 12.5. The lowest BCUT2D eigenvalue weighted by molar-refractivity contribution is -0.148. The number of nitrogens with zero attached hydrogens (tertiary/aromatic N) is 1. The number of hydrogen-bond acceptors (Lipinski definition) is 4. The van der Waals surface area contributed by atoms with Crippen LogP contribution in [0.4, 0.5) is 0 Å². The molecule has 0 saturated carbocycles. The van der Waals surface area contributed by atoms with Crippen molar-refractivity contribution in [1.29, 1.82) is 0 Å². The Balaban J connectivity index is 2.56. The highest BCUT2D eigenvalue weighted by molar-refractivity contribution is 7.54. The maximum atomic E-state index is 12.5. The van der Waals surface area contributed by atoms with Gasteiger partial charge in [-0.15, -0.1) is 23.2 Å². The number of carbonyl (C=O) groups is 1. The fraction of sp³-hybridized carbons (Fsp3) is 0.889. The lowest BCUT2D eigenvalue weighted by Gasteiger charge is -2.35. The van der Waals surface area contributed by atoms with Crippen LogP contribution in [0.2, 0.25) is 0 Å². The molecule has 1 N–H and O–H groups in total. The number of rotatable bonds is 6. The largest absolute Gasteiger partial charge is 0.459 e. The van der Waals surface area contributed by atoms with Crippen LogP contribution < -0.4 is 5.09 Å². The van der Waals surface area contributed by atoms with Crippen molar-refractivity contribution in [2.24, 2.45) is 0 Å². The molecule has 0 aromatic rings. The molecule has 0 radical (unpaired) electrons. The minimum absolute atomic E-state index is 0.102. The predicted octanol–water partition coefficient (Wildman–Crippen LogP) is 1.43. The van der Waals surface area contributed by atoms with E-state index < -0.39 is 13.8 Å². The Kier molecular flexibility index (Phi) is 6.92. The first-order chi connectivity index (χ1) is 8.51. The molecule has 2 atom stereocenters. The molecule has 0 aliphatic carbocycles. The Morgan fingerprint density at radius 2 is 2.11 bits per heavy atom. The van der Waals surface area contributed by atoms with Crippen LogP contribution in [-0.4, -0.2) is 54.7 Å². The third-order valence-electron chi connectivity index (χ3n) is 2.34. The van der Waals surface area contributed by atoms with E-state index in [1.165, 1.54) is 6.92 Å². The maximum Gasteiger partial charge on any atom is 0.343 e. The van der Waals surface area contributed by atoms with Crippen LogP contribution in [0, 0.1) is 0 Å². The molecule has 1 saturated heterocycles. The Bertz CT molecular complexity index is 314. The lowest BCUT2D eigenvalue weighted by Crippen LogP contribution is -2.43. The Morgan fingerprint density at radius 1 is 1.50 bits per heavy atom. The summed E-state index contributed by atoms with van der Waals surface area (Å²) in [7, 11) is -3.11. The van der Waals surface area contributed by atoms with Crippen LogP contribution in [0.3, 0.4) is 0 Å². The van der Waals surface area contributed by atoms with Crippen molar-refractivity contribution < 1.29 is 18.6 Å². The highest BCUT2D eigenvalue weighted by Gasteiger charge is 2.37. The van der Waals surface area contributed by atoms with Crippen LogP contribution >= 0.6 is 30.9 Å². The van der Waals surface area contributed by atoms with Crippen molar-refractivity contribution in [2.45, 2.75) is 13.0 Å². The second-order valence-electron chi connectivity index (χ2n) is 3.74. The molecule has 18 heavy (non-hydrogen) atoms. The van der Waals surface area contributed by atoms with E-state index in [2.05, 4.69) is 5.09 Å². The second kappa shape index (κ2) is 7.68. The molecule has 0 unspecified atom stereocenters. The van der Waals surface area contributed by atoms with Gasteiger partial charge in [-0.3, -0.25) is 9.36 Å². The van der Waals surface area contributed by atoms with E-state index in [0.29, 0.717) is 24.8 Å². The normalized spacial score (nSPS) is 28.3. The van der Waals surface area contributed by atoms with Gasteiger partial charge in [0.15, 0.2) is 0 Å². The van der Waals surface area contributed by atoms with Crippen molar-refractivity contribution in [3.8, 4) is 0 Å². The molecule has 6 nitrogen and oxygen atoms in total. The summed E-state index contributed by atoms with van der Waals surface area (Å²) in [5.74, 6) is 0.277. The molecule has 1 rings (SSSR count). The van der Waals surface area contributed by atoms with Crippen molar-refractivity contribution >= 4 is 36.8 Å². The van der Waals surface area contributed by atoms with E-state index in [9.17, 15) is 9.36 Å². The zero-order valence-electron chi connectivity index (χ0n) is 10.1. The molecule has 0 amide bonds. The van der Waals surface area contributed by atoms with Gasteiger partial charge in [-0.05, 0) is 0 Å². The van der Waals surface area contributed by atoms with Gasteiger partial charge in [-0.1, -0.05) is 0 Å². The van der Waals surface area contributed by atoms with Gasteiger partial charge >= 0.3 is 13.6 Å². The molecule has 0 aromatic carbocycles. The second-order valence-corrected chi connectivity index (χ2v) is 6.68. The minimum Gasteiger partial charge on any atom is -0.459 e. The summed E-state index contributed by atoms with van der Waals surface area (Å²) < 4.78 is 24.4. The Morgan fingerprint density at radius 3 is 2.50 bits per heavy atom. The van der Waals surface area contributed by atoms with Gasteiger partial charge in [-0.25, -0.2) is 9.76 Å². The molecule has 9 heteroatoms. The van der Waals surface area contributed by atoms with Crippen LogP contribution in [0.15, 0.2) is 0 Å². The van der Waals surface area contributed by atoms with E-state index in [4.69, 9.17) is 32.5 Å². The number of halogens is 2. The first kappa shape index (κ1) is 16.2. The first-order valence-electron chi connectivity index (χ1n) is 5.56. The number of carbonyl (C=O) groups excluding carboxylic acids is 1. The molecule has 1 fully saturated rings. The number of nitrogens with one attached hydrogen (secondary N) is 1. The van der Waals surface area contributed by atoms with Gasteiger partial charge < -0.3 is 9.26 Å². The summed E-state index contributed by atoms with van der Waals surface area (Å²) in [6.07, 6.45) is -0.418. The van der Waals surface area contributed by atoms with E-state index in [1.54, 1.807) is 4.67 Å². The van der Waals surface area contributed by atoms with E-state index in [1.807, 2.05) is 0 Å². The third kappa shape index (κ3) is 4.68. The summed E-state index contributed by atoms with van der Waals surface area (Å²) in [4.78, 5) is 10.8. The highest BCUT2D eigenvalue weighted by Crippen LogP contribution is 2.48. The van der Waals surface area contributed by atoms with Gasteiger partial charge in [-0.2, -0.15) is 0 Å². The molecular formula is C9H17Cl2N2O4P. The average Bonchev–Trinajstić information content (AvgIpc) is 2.32. The summed E-state index contributed by atoms with van der Waals surface area (Å²) >= 11 is 11.3. The third-order valence-corrected chi connectivity index (χ3v) is 4.91. The minimum atomic E-state index is -3.11. The number of alkyl halides is 2. The quantitative estimate of drug-likeness (QED) is 0.454. The number of esters is 1. The number of ether oxygens (including phenoxy) is 1. The molecule has 1 aliphatic heterocycles. The smallest absolute Gasteiger partial charge is 0.343 e. The highest BCUT2D eigenvalue weighted by atomic mass is 35.5. The van der Waals surface area contributed by atoms with E-state index >= 15 is 0 Å². The molecule has 0 spiro atoms. The zero-order chi connectivity index (χ0) is 13.6. The Hall–Kier alpha value is 0.160. The standard InChI is InChI=1S/C9H17Cl2N2O4P/c1-8(14)17-9-6-12-18(15,16-7-9)13(4-2-10)5-3-11/h9H,2-7H2,1H3,(H,12,15)/t9-,18-/m1/s1. The molecular weight excluding hydrogens is 302 g/mol. The van der Waals surface area contributed by atoms with Crippen LogP contribution in [0.25, 0.3) is 0 Å². The van der Waals surface area contributed by atoms with Gasteiger partial charge in [0.05, 0.1) is 6.61 Å². The van der Waals surface area contributed by atoms with Crippen LogP contribution in [0.1, 0.15) is 6.92 Å². The maximum absolute atomic E-state index is 12.5. The first-order valence-corrected chi connectivity index (χ1v) is 8.20. The average molecular weight is 319 g/mol. The molecule has 0 bridgehead atoms. The monoisotopic (exact) mass is 318 g/mol. The van der Waals surface area contributed by atoms with Gasteiger partial charge in [0.25, 0.3) is 0 Å². The number of hydrogen-bond donors (Lipinski definition) is 1. The lowest BCUT2D eigenvalue weighted by atomic mass is 10.4.